The molecule has 0 spiro atoms. The van der Waals surface area contributed by atoms with Crippen LogP contribution in [-0.4, -0.2) is 10.5 Å². The van der Waals surface area contributed by atoms with E-state index in [-0.39, 0.29) is 16.1 Å². The Hall–Kier alpha value is -1.58. The van der Waals surface area contributed by atoms with Crippen molar-refractivity contribution >= 4 is 11.4 Å². The van der Waals surface area contributed by atoms with Gasteiger partial charge in [-0.15, -0.1) is 0 Å². The van der Waals surface area contributed by atoms with Crippen LogP contribution in [0, 0.1) is 17.0 Å². The van der Waals surface area contributed by atoms with Crippen LogP contribution in [0.3, 0.4) is 0 Å². The van der Waals surface area contributed by atoms with Crippen LogP contribution < -0.4 is 5.32 Å². The van der Waals surface area contributed by atoms with Crippen LogP contribution in [0.1, 0.15) is 38.2 Å². The molecule has 1 saturated carbocycles. The maximum absolute atomic E-state index is 11.1. The second-order valence-corrected chi connectivity index (χ2v) is 4.84. The van der Waals surface area contributed by atoms with Crippen molar-refractivity contribution in [2.45, 2.75) is 45.1 Å². The topological polar surface area (TPSA) is 55.2 Å². The third-order valence-corrected chi connectivity index (χ3v) is 3.81. The van der Waals surface area contributed by atoms with Gasteiger partial charge < -0.3 is 5.32 Å². The Morgan fingerprint density at radius 1 is 1.47 bits per heavy atom. The average Bonchev–Trinajstić information content (AvgIpc) is 2.23. The Morgan fingerprint density at radius 3 is 2.65 bits per heavy atom. The third-order valence-electron chi connectivity index (χ3n) is 3.81. The van der Waals surface area contributed by atoms with E-state index in [1.54, 1.807) is 19.1 Å². The smallest absolute Gasteiger partial charge is 0.295 e. The number of nitro benzene ring substituents is 1. The summed E-state index contributed by atoms with van der Waals surface area (Å²) in [6.45, 7) is 3.91. The van der Waals surface area contributed by atoms with Gasteiger partial charge in [-0.1, -0.05) is 19.1 Å². The fourth-order valence-electron chi connectivity index (χ4n) is 2.46. The normalized spacial score (nSPS) is 17.3. The number of benzene rings is 1. The van der Waals surface area contributed by atoms with Gasteiger partial charge >= 0.3 is 0 Å². The number of nitrogens with zero attached hydrogens (tertiary/aromatic N) is 1. The third kappa shape index (κ3) is 2.12. The van der Waals surface area contributed by atoms with Crippen LogP contribution in [0.15, 0.2) is 18.2 Å². The number of nitro groups is 1. The van der Waals surface area contributed by atoms with Gasteiger partial charge in [0.25, 0.3) is 5.69 Å². The molecular weight excluding hydrogens is 216 g/mol. The molecule has 0 atom stereocenters. The maximum Gasteiger partial charge on any atom is 0.295 e. The number of nitrogens with one attached hydrogen (secondary N) is 1. The second-order valence-electron chi connectivity index (χ2n) is 4.84. The van der Waals surface area contributed by atoms with E-state index in [2.05, 4.69) is 12.2 Å². The Bertz CT molecular complexity index is 434. The van der Waals surface area contributed by atoms with E-state index in [1.165, 1.54) is 6.42 Å². The van der Waals surface area contributed by atoms with Crippen LogP contribution in [-0.2, 0) is 0 Å². The summed E-state index contributed by atoms with van der Waals surface area (Å²) >= 11 is 0. The summed E-state index contributed by atoms with van der Waals surface area (Å²) in [4.78, 5) is 10.8. The Morgan fingerprint density at radius 2 is 2.18 bits per heavy atom. The lowest BCUT2D eigenvalue weighted by Gasteiger charge is -2.42. The van der Waals surface area contributed by atoms with Crippen molar-refractivity contribution in [2.75, 3.05) is 5.32 Å². The predicted octanol–water partition coefficient (Wildman–Crippen LogP) is 3.65. The van der Waals surface area contributed by atoms with E-state index < -0.39 is 0 Å². The van der Waals surface area contributed by atoms with Crippen molar-refractivity contribution in [1.82, 2.24) is 0 Å². The van der Waals surface area contributed by atoms with Crippen LogP contribution >= 0.6 is 0 Å². The van der Waals surface area contributed by atoms with Crippen molar-refractivity contribution in [3.63, 3.8) is 0 Å². The van der Waals surface area contributed by atoms with Gasteiger partial charge in [0.05, 0.1) is 4.92 Å². The summed E-state index contributed by atoms with van der Waals surface area (Å²) in [5, 5.41) is 14.5. The van der Waals surface area contributed by atoms with E-state index in [4.69, 9.17) is 0 Å². The highest BCUT2D eigenvalue weighted by Gasteiger charge is 2.36. The lowest BCUT2D eigenvalue weighted by Crippen LogP contribution is -2.44. The zero-order valence-electron chi connectivity index (χ0n) is 10.3. The van der Waals surface area contributed by atoms with Gasteiger partial charge in [0.2, 0.25) is 0 Å². The van der Waals surface area contributed by atoms with Crippen molar-refractivity contribution in [3.05, 3.63) is 33.9 Å². The van der Waals surface area contributed by atoms with E-state index in [0.717, 1.165) is 19.3 Å². The number of hydrogen-bond acceptors (Lipinski definition) is 3. The molecule has 0 radical (unpaired) electrons. The summed E-state index contributed by atoms with van der Waals surface area (Å²) < 4.78 is 0. The highest BCUT2D eigenvalue weighted by molar-refractivity contribution is 5.66. The number of hydrogen-bond donors (Lipinski definition) is 1. The fourth-order valence-corrected chi connectivity index (χ4v) is 2.46. The summed E-state index contributed by atoms with van der Waals surface area (Å²) in [5.41, 5.74) is 1.67. The molecule has 1 aromatic rings. The maximum atomic E-state index is 11.1. The molecule has 1 fully saturated rings. The minimum absolute atomic E-state index is 0.0819. The van der Waals surface area contributed by atoms with Gasteiger partial charge in [-0.05, 0) is 38.7 Å². The molecule has 0 saturated heterocycles. The van der Waals surface area contributed by atoms with Gasteiger partial charge in [-0.3, -0.25) is 10.1 Å². The molecule has 4 nitrogen and oxygen atoms in total. The van der Waals surface area contributed by atoms with Gasteiger partial charge in [-0.25, -0.2) is 0 Å². The summed E-state index contributed by atoms with van der Waals surface area (Å²) in [7, 11) is 0. The molecule has 1 aliphatic rings. The van der Waals surface area contributed by atoms with Gasteiger partial charge in [0.1, 0.15) is 5.69 Å². The molecule has 0 unspecified atom stereocenters. The Kier molecular flexibility index (Phi) is 3.05. The molecule has 0 heterocycles. The number of para-hydroxylation sites is 1. The Labute approximate surface area is 101 Å². The molecule has 0 amide bonds. The van der Waals surface area contributed by atoms with Crippen LogP contribution in [0.5, 0.6) is 0 Å². The van der Waals surface area contributed by atoms with Gasteiger partial charge in [-0.2, -0.15) is 0 Å². The van der Waals surface area contributed by atoms with E-state index in [9.17, 15) is 10.1 Å². The molecule has 1 aromatic carbocycles. The number of anilines is 1. The standard InChI is InChI=1S/C13H18N2O2/c1-3-13(8-5-9-13)14-11-7-4-6-10(2)12(11)15(16)17/h4,6-7,14H,3,5,8-9H2,1-2H3. The first-order chi connectivity index (χ1) is 8.08. The van der Waals surface area contributed by atoms with Crippen LogP contribution in [0.2, 0.25) is 0 Å². The minimum Gasteiger partial charge on any atom is -0.374 e. The first kappa shape index (κ1) is 11.9. The first-order valence-corrected chi connectivity index (χ1v) is 6.10. The van der Waals surface area contributed by atoms with Crippen molar-refractivity contribution in [2.24, 2.45) is 0 Å². The molecule has 0 aromatic heterocycles. The summed E-state index contributed by atoms with van der Waals surface area (Å²) in [5.74, 6) is 0. The zero-order valence-corrected chi connectivity index (χ0v) is 10.3. The lowest BCUT2D eigenvalue weighted by molar-refractivity contribution is -0.384. The first-order valence-electron chi connectivity index (χ1n) is 6.10. The fraction of sp³-hybridized carbons (Fsp3) is 0.538. The number of rotatable bonds is 4. The van der Waals surface area contributed by atoms with Gasteiger partial charge in [0, 0.05) is 11.1 Å². The van der Waals surface area contributed by atoms with Crippen molar-refractivity contribution in [3.8, 4) is 0 Å². The van der Waals surface area contributed by atoms with Crippen LogP contribution in [0.25, 0.3) is 0 Å². The lowest BCUT2D eigenvalue weighted by atomic mass is 9.74. The summed E-state index contributed by atoms with van der Waals surface area (Å²) in [6.07, 6.45) is 4.43. The minimum atomic E-state index is -0.292. The SMILES string of the molecule is CCC1(Nc2cccc(C)c2[N+](=O)[O-])CCC1. The molecule has 0 aliphatic heterocycles. The molecule has 0 bridgehead atoms. The summed E-state index contributed by atoms with van der Waals surface area (Å²) in [6, 6.07) is 5.45. The zero-order chi connectivity index (χ0) is 12.5. The molecule has 1 N–H and O–H groups in total. The molecule has 4 heteroatoms. The monoisotopic (exact) mass is 234 g/mol. The molecule has 2 rings (SSSR count). The highest BCUT2D eigenvalue weighted by Crippen LogP contribution is 2.40. The number of aryl methyl sites for hydroxylation is 1. The van der Waals surface area contributed by atoms with Crippen molar-refractivity contribution < 1.29 is 4.92 Å². The van der Waals surface area contributed by atoms with Crippen LogP contribution in [0.4, 0.5) is 11.4 Å². The quantitative estimate of drug-likeness (QED) is 0.639. The molecule has 17 heavy (non-hydrogen) atoms. The highest BCUT2D eigenvalue weighted by atomic mass is 16.6. The van der Waals surface area contributed by atoms with Crippen molar-refractivity contribution in [1.29, 1.82) is 0 Å². The molecule has 1 aliphatic carbocycles. The predicted molar refractivity (Wildman–Crippen MR) is 68.3 cm³/mol. The Balaban J connectivity index is 2.32. The van der Waals surface area contributed by atoms with Gasteiger partial charge in [0.15, 0.2) is 0 Å². The van der Waals surface area contributed by atoms with E-state index in [1.807, 2.05) is 6.07 Å². The second kappa shape index (κ2) is 4.35. The largest absolute Gasteiger partial charge is 0.374 e. The molecular formula is C13H18N2O2. The van der Waals surface area contributed by atoms with E-state index >= 15 is 0 Å². The average molecular weight is 234 g/mol. The van der Waals surface area contributed by atoms with E-state index in [0.29, 0.717) is 11.3 Å². The molecule has 92 valence electrons.